The predicted molar refractivity (Wildman–Crippen MR) is 85.7 cm³/mol. The monoisotopic (exact) mass is 298 g/mol. The minimum Gasteiger partial charge on any atom is -0.329 e. The van der Waals surface area contributed by atoms with E-state index in [9.17, 15) is 4.79 Å². The Kier molecular flexibility index (Phi) is 3.98. The second-order valence-electron chi connectivity index (χ2n) is 5.95. The van der Waals surface area contributed by atoms with E-state index < -0.39 is 0 Å². The smallest absolute Gasteiger partial charge is 0.257 e. The minimum absolute atomic E-state index is 0.0764. The average Bonchev–Trinajstić information content (AvgIpc) is 2.87. The van der Waals surface area contributed by atoms with Crippen LogP contribution in [0.1, 0.15) is 27.7 Å². The molecule has 22 heavy (non-hydrogen) atoms. The summed E-state index contributed by atoms with van der Waals surface area (Å²) in [6.07, 6.45) is 1.68. The van der Waals surface area contributed by atoms with E-state index in [0.29, 0.717) is 5.56 Å². The van der Waals surface area contributed by atoms with E-state index in [-0.39, 0.29) is 11.9 Å². The Bertz CT molecular complexity index is 665. The molecule has 3 rings (SSSR count). The van der Waals surface area contributed by atoms with Crippen molar-refractivity contribution in [3.8, 4) is 0 Å². The van der Waals surface area contributed by atoms with Gasteiger partial charge in [0.2, 0.25) is 0 Å². The van der Waals surface area contributed by atoms with Crippen molar-refractivity contribution in [2.24, 2.45) is 7.05 Å². The van der Waals surface area contributed by atoms with Crippen LogP contribution in [0, 0.1) is 6.92 Å². The first-order valence-corrected chi connectivity index (χ1v) is 7.61. The van der Waals surface area contributed by atoms with Crippen LogP contribution >= 0.6 is 0 Å². The number of carbonyl (C=O) groups is 1. The van der Waals surface area contributed by atoms with Crippen molar-refractivity contribution in [2.75, 3.05) is 26.7 Å². The summed E-state index contributed by atoms with van der Waals surface area (Å²) in [6.45, 7) is 4.43. The molecular weight excluding hydrogens is 276 g/mol. The van der Waals surface area contributed by atoms with Crippen LogP contribution in [0.2, 0.25) is 0 Å². The molecule has 1 atom stereocenters. The Balaban J connectivity index is 1.93. The SMILES string of the molecule is Cc1c(C(=O)N2CCN(C)CC2c2ccccc2)cnn1C. The van der Waals surface area contributed by atoms with Crippen molar-refractivity contribution in [1.29, 1.82) is 0 Å². The minimum atomic E-state index is 0.0764. The number of benzene rings is 1. The number of likely N-dealkylation sites (N-methyl/N-ethyl adjacent to an activating group) is 1. The van der Waals surface area contributed by atoms with Gasteiger partial charge in [-0.1, -0.05) is 30.3 Å². The third-order valence-corrected chi connectivity index (χ3v) is 4.49. The zero-order chi connectivity index (χ0) is 15.7. The number of rotatable bonds is 2. The van der Waals surface area contributed by atoms with Crippen molar-refractivity contribution in [1.82, 2.24) is 19.6 Å². The molecule has 5 nitrogen and oxygen atoms in total. The van der Waals surface area contributed by atoms with Gasteiger partial charge in [-0.2, -0.15) is 5.10 Å². The second kappa shape index (κ2) is 5.93. The summed E-state index contributed by atoms with van der Waals surface area (Å²) in [7, 11) is 3.97. The summed E-state index contributed by atoms with van der Waals surface area (Å²) in [5.74, 6) is 0.0764. The molecule has 1 aromatic carbocycles. The summed E-state index contributed by atoms with van der Waals surface area (Å²) in [4.78, 5) is 17.2. The summed E-state index contributed by atoms with van der Waals surface area (Å²) >= 11 is 0. The molecule has 2 heterocycles. The highest BCUT2D eigenvalue weighted by atomic mass is 16.2. The summed E-state index contributed by atoms with van der Waals surface area (Å²) < 4.78 is 1.75. The highest BCUT2D eigenvalue weighted by Gasteiger charge is 2.32. The van der Waals surface area contributed by atoms with Crippen LogP contribution < -0.4 is 0 Å². The molecule has 116 valence electrons. The standard InChI is InChI=1S/C17H22N4O/c1-13-15(11-18-20(13)3)17(22)21-10-9-19(2)12-16(21)14-7-5-4-6-8-14/h4-8,11,16H,9-10,12H2,1-3H3. The first-order valence-electron chi connectivity index (χ1n) is 7.61. The van der Waals surface area contributed by atoms with E-state index in [1.807, 2.05) is 37.1 Å². The molecule has 0 saturated carbocycles. The van der Waals surface area contributed by atoms with E-state index in [2.05, 4.69) is 29.2 Å². The van der Waals surface area contributed by atoms with E-state index in [1.54, 1.807) is 10.9 Å². The number of carbonyl (C=O) groups excluding carboxylic acids is 1. The fourth-order valence-electron chi connectivity index (χ4n) is 2.99. The topological polar surface area (TPSA) is 41.4 Å². The molecule has 5 heteroatoms. The van der Waals surface area contributed by atoms with Crippen LogP contribution in [0.15, 0.2) is 36.5 Å². The predicted octanol–water partition coefficient (Wildman–Crippen LogP) is 1.86. The van der Waals surface area contributed by atoms with Crippen LogP contribution in [-0.4, -0.2) is 52.2 Å². The number of hydrogen-bond acceptors (Lipinski definition) is 3. The molecule has 0 bridgehead atoms. The summed E-state index contributed by atoms with van der Waals surface area (Å²) in [6, 6.07) is 10.4. The Morgan fingerprint density at radius 2 is 1.91 bits per heavy atom. The molecular formula is C17H22N4O. The van der Waals surface area contributed by atoms with Gasteiger partial charge in [0.15, 0.2) is 0 Å². The Morgan fingerprint density at radius 3 is 2.55 bits per heavy atom. The molecule has 1 amide bonds. The first kappa shape index (κ1) is 14.8. The first-order chi connectivity index (χ1) is 10.6. The fraction of sp³-hybridized carbons (Fsp3) is 0.412. The lowest BCUT2D eigenvalue weighted by molar-refractivity contribution is 0.0497. The van der Waals surface area contributed by atoms with Gasteiger partial charge in [-0.15, -0.1) is 0 Å². The van der Waals surface area contributed by atoms with Crippen molar-refractivity contribution in [3.05, 3.63) is 53.3 Å². The molecule has 1 saturated heterocycles. The van der Waals surface area contributed by atoms with Gasteiger partial charge in [0.05, 0.1) is 17.8 Å². The van der Waals surface area contributed by atoms with Crippen molar-refractivity contribution in [3.63, 3.8) is 0 Å². The molecule has 2 aromatic rings. The second-order valence-corrected chi connectivity index (χ2v) is 5.95. The van der Waals surface area contributed by atoms with Crippen LogP contribution in [0.3, 0.4) is 0 Å². The molecule has 1 aliphatic rings. The van der Waals surface area contributed by atoms with E-state index >= 15 is 0 Å². The van der Waals surface area contributed by atoms with Gasteiger partial charge in [-0.3, -0.25) is 9.48 Å². The zero-order valence-corrected chi connectivity index (χ0v) is 13.4. The molecule has 0 spiro atoms. The number of hydrogen-bond donors (Lipinski definition) is 0. The van der Waals surface area contributed by atoms with Crippen LogP contribution in [0.5, 0.6) is 0 Å². The molecule has 0 N–H and O–H groups in total. The van der Waals surface area contributed by atoms with E-state index in [1.165, 1.54) is 5.56 Å². The Morgan fingerprint density at radius 1 is 1.18 bits per heavy atom. The Hall–Kier alpha value is -2.14. The average molecular weight is 298 g/mol. The Labute approximate surface area is 131 Å². The maximum atomic E-state index is 13.0. The summed E-state index contributed by atoms with van der Waals surface area (Å²) in [5, 5.41) is 4.20. The van der Waals surface area contributed by atoms with Gasteiger partial charge in [0.25, 0.3) is 5.91 Å². The van der Waals surface area contributed by atoms with Gasteiger partial charge < -0.3 is 9.80 Å². The maximum absolute atomic E-state index is 13.0. The van der Waals surface area contributed by atoms with E-state index in [0.717, 1.165) is 25.3 Å². The summed E-state index contributed by atoms with van der Waals surface area (Å²) in [5.41, 5.74) is 2.80. The van der Waals surface area contributed by atoms with Gasteiger partial charge in [-0.05, 0) is 19.5 Å². The van der Waals surface area contributed by atoms with Crippen molar-refractivity contribution >= 4 is 5.91 Å². The lowest BCUT2D eigenvalue weighted by Gasteiger charge is -2.40. The maximum Gasteiger partial charge on any atom is 0.257 e. The number of piperazine rings is 1. The molecule has 1 aromatic heterocycles. The highest BCUT2D eigenvalue weighted by Crippen LogP contribution is 2.27. The van der Waals surface area contributed by atoms with Gasteiger partial charge >= 0.3 is 0 Å². The lowest BCUT2D eigenvalue weighted by Crippen LogP contribution is -2.49. The lowest BCUT2D eigenvalue weighted by atomic mass is 10.0. The molecule has 1 unspecified atom stereocenters. The third kappa shape index (κ3) is 2.64. The molecule has 0 aliphatic carbocycles. The van der Waals surface area contributed by atoms with Gasteiger partial charge in [0.1, 0.15) is 0 Å². The normalized spacial score (nSPS) is 19.4. The molecule has 1 fully saturated rings. The van der Waals surface area contributed by atoms with E-state index in [4.69, 9.17) is 0 Å². The number of nitrogens with zero attached hydrogens (tertiary/aromatic N) is 4. The number of aromatic nitrogens is 2. The highest BCUT2D eigenvalue weighted by molar-refractivity contribution is 5.95. The van der Waals surface area contributed by atoms with Gasteiger partial charge in [-0.25, -0.2) is 0 Å². The van der Waals surface area contributed by atoms with Crippen molar-refractivity contribution < 1.29 is 4.79 Å². The largest absolute Gasteiger partial charge is 0.329 e. The third-order valence-electron chi connectivity index (χ3n) is 4.49. The van der Waals surface area contributed by atoms with Crippen LogP contribution in [-0.2, 0) is 7.05 Å². The fourth-order valence-corrected chi connectivity index (χ4v) is 2.99. The number of amides is 1. The number of aryl methyl sites for hydroxylation is 1. The quantitative estimate of drug-likeness (QED) is 0.850. The molecule has 1 aliphatic heterocycles. The van der Waals surface area contributed by atoms with Crippen LogP contribution in [0.4, 0.5) is 0 Å². The van der Waals surface area contributed by atoms with Crippen LogP contribution in [0.25, 0.3) is 0 Å². The van der Waals surface area contributed by atoms with Crippen molar-refractivity contribution in [2.45, 2.75) is 13.0 Å². The zero-order valence-electron chi connectivity index (χ0n) is 13.4. The molecule has 0 radical (unpaired) electrons. The van der Waals surface area contributed by atoms with Gasteiger partial charge in [0, 0.05) is 32.4 Å².